The SMILES string of the molecule is Cc1nc(Nc2ccccc2C)cc(C(=O)N2CCc3ccccc3C2)n1. The lowest BCUT2D eigenvalue weighted by molar-refractivity contribution is 0.0728. The molecular formula is C22H22N4O. The van der Waals surface area contributed by atoms with E-state index in [1.54, 1.807) is 6.07 Å². The zero-order valence-corrected chi connectivity index (χ0v) is 15.6. The van der Waals surface area contributed by atoms with E-state index in [2.05, 4.69) is 27.4 Å². The Balaban J connectivity index is 1.58. The Kier molecular flexibility index (Phi) is 4.59. The van der Waals surface area contributed by atoms with Crippen LogP contribution in [0.3, 0.4) is 0 Å². The maximum atomic E-state index is 13.0. The smallest absolute Gasteiger partial charge is 0.272 e. The van der Waals surface area contributed by atoms with Crippen molar-refractivity contribution in [3.05, 3.63) is 82.8 Å². The first-order valence-corrected chi connectivity index (χ1v) is 9.14. The van der Waals surface area contributed by atoms with Crippen LogP contribution in [0.5, 0.6) is 0 Å². The van der Waals surface area contributed by atoms with Gasteiger partial charge < -0.3 is 10.2 Å². The van der Waals surface area contributed by atoms with Crippen molar-refractivity contribution >= 4 is 17.4 Å². The normalized spacial score (nSPS) is 13.2. The highest BCUT2D eigenvalue weighted by molar-refractivity contribution is 5.93. The number of para-hydroxylation sites is 1. The molecular weight excluding hydrogens is 336 g/mol. The Hall–Kier alpha value is -3.21. The Bertz CT molecular complexity index is 999. The zero-order valence-electron chi connectivity index (χ0n) is 15.6. The van der Waals surface area contributed by atoms with Gasteiger partial charge in [0.15, 0.2) is 0 Å². The van der Waals surface area contributed by atoms with Gasteiger partial charge >= 0.3 is 0 Å². The molecule has 0 atom stereocenters. The van der Waals surface area contributed by atoms with Crippen molar-refractivity contribution in [1.82, 2.24) is 14.9 Å². The Morgan fingerprint density at radius 3 is 2.56 bits per heavy atom. The molecule has 0 bridgehead atoms. The monoisotopic (exact) mass is 358 g/mol. The standard InChI is InChI=1S/C22H22N4O/c1-15-7-3-6-10-19(15)25-21-13-20(23-16(2)24-21)22(27)26-12-11-17-8-4-5-9-18(17)14-26/h3-10,13H,11-12,14H2,1-2H3,(H,23,24,25). The zero-order chi connectivity index (χ0) is 18.8. The van der Waals surface area contributed by atoms with Gasteiger partial charge in [0.1, 0.15) is 17.3 Å². The summed E-state index contributed by atoms with van der Waals surface area (Å²) in [5.74, 6) is 1.16. The summed E-state index contributed by atoms with van der Waals surface area (Å²) in [5, 5.41) is 3.31. The molecule has 2 heterocycles. The fourth-order valence-corrected chi connectivity index (χ4v) is 3.42. The second-order valence-electron chi connectivity index (χ2n) is 6.87. The summed E-state index contributed by atoms with van der Waals surface area (Å²) >= 11 is 0. The van der Waals surface area contributed by atoms with Crippen molar-refractivity contribution in [2.45, 2.75) is 26.8 Å². The van der Waals surface area contributed by atoms with Crippen LogP contribution in [0.2, 0.25) is 0 Å². The van der Waals surface area contributed by atoms with E-state index in [1.165, 1.54) is 11.1 Å². The third-order valence-electron chi connectivity index (χ3n) is 4.88. The number of benzene rings is 2. The van der Waals surface area contributed by atoms with E-state index < -0.39 is 0 Å². The molecule has 1 aliphatic heterocycles. The number of hydrogen-bond donors (Lipinski definition) is 1. The van der Waals surface area contributed by atoms with E-state index >= 15 is 0 Å². The van der Waals surface area contributed by atoms with Gasteiger partial charge in [-0.3, -0.25) is 4.79 Å². The molecule has 1 aromatic heterocycles. The van der Waals surface area contributed by atoms with Crippen LogP contribution in [0, 0.1) is 13.8 Å². The number of aromatic nitrogens is 2. The number of nitrogens with zero attached hydrogens (tertiary/aromatic N) is 3. The van der Waals surface area contributed by atoms with Gasteiger partial charge in [0.05, 0.1) is 0 Å². The minimum Gasteiger partial charge on any atom is -0.340 e. The summed E-state index contributed by atoms with van der Waals surface area (Å²) in [7, 11) is 0. The summed E-state index contributed by atoms with van der Waals surface area (Å²) in [4.78, 5) is 23.7. The maximum Gasteiger partial charge on any atom is 0.272 e. The number of carbonyl (C=O) groups is 1. The number of amides is 1. The van der Waals surface area contributed by atoms with Crippen molar-refractivity contribution in [1.29, 1.82) is 0 Å². The summed E-state index contributed by atoms with van der Waals surface area (Å²) in [5.41, 5.74) is 5.05. The van der Waals surface area contributed by atoms with Gasteiger partial charge in [-0.1, -0.05) is 42.5 Å². The number of fused-ring (bicyclic) bond motifs is 1. The molecule has 0 saturated carbocycles. The fourth-order valence-electron chi connectivity index (χ4n) is 3.42. The second-order valence-corrected chi connectivity index (χ2v) is 6.87. The molecule has 0 fully saturated rings. The lowest BCUT2D eigenvalue weighted by Gasteiger charge is -2.28. The van der Waals surface area contributed by atoms with E-state index in [1.807, 2.05) is 55.1 Å². The van der Waals surface area contributed by atoms with Crippen LogP contribution in [0.4, 0.5) is 11.5 Å². The van der Waals surface area contributed by atoms with Crippen LogP contribution in [0.1, 0.15) is 33.0 Å². The summed E-state index contributed by atoms with van der Waals surface area (Å²) in [6.45, 7) is 5.18. The van der Waals surface area contributed by atoms with Gasteiger partial charge in [0, 0.05) is 24.8 Å². The van der Waals surface area contributed by atoms with Gasteiger partial charge in [0.25, 0.3) is 5.91 Å². The van der Waals surface area contributed by atoms with Crippen LogP contribution in [-0.2, 0) is 13.0 Å². The molecule has 0 spiro atoms. The molecule has 0 unspecified atom stereocenters. The second kappa shape index (κ2) is 7.19. The van der Waals surface area contributed by atoms with E-state index in [0.717, 1.165) is 17.7 Å². The minimum absolute atomic E-state index is 0.0529. The lowest BCUT2D eigenvalue weighted by atomic mass is 10.00. The molecule has 136 valence electrons. The molecule has 0 saturated heterocycles. The minimum atomic E-state index is -0.0529. The molecule has 27 heavy (non-hydrogen) atoms. The van der Waals surface area contributed by atoms with Crippen LogP contribution >= 0.6 is 0 Å². The highest BCUT2D eigenvalue weighted by atomic mass is 16.2. The third kappa shape index (κ3) is 3.67. The predicted octanol–water partition coefficient (Wildman–Crippen LogP) is 4.04. The first-order valence-electron chi connectivity index (χ1n) is 9.14. The average molecular weight is 358 g/mol. The first-order chi connectivity index (χ1) is 13.1. The van der Waals surface area contributed by atoms with Crippen molar-refractivity contribution in [2.24, 2.45) is 0 Å². The number of aryl methyl sites for hydroxylation is 2. The van der Waals surface area contributed by atoms with Crippen molar-refractivity contribution < 1.29 is 4.79 Å². The summed E-state index contributed by atoms with van der Waals surface area (Å²) in [6, 6.07) is 18.0. The lowest BCUT2D eigenvalue weighted by Crippen LogP contribution is -2.36. The van der Waals surface area contributed by atoms with Crippen LogP contribution in [-0.4, -0.2) is 27.3 Å². The van der Waals surface area contributed by atoms with Crippen LogP contribution in [0.15, 0.2) is 54.6 Å². The van der Waals surface area contributed by atoms with Gasteiger partial charge in [-0.25, -0.2) is 9.97 Å². The Morgan fingerprint density at radius 1 is 1.00 bits per heavy atom. The molecule has 5 heteroatoms. The number of carbonyl (C=O) groups excluding carboxylic acids is 1. The molecule has 2 aromatic carbocycles. The van der Waals surface area contributed by atoms with Gasteiger partial charge in [-0.15, -0.1) is 0 Å². The predicted molar refractivity (Wildman–Crippen MR) is 106 cm³/mol. The quantitative estimate of drug-likeness (QED) is 0.768. The Labute approximate surface area is 159 Å². The van der Waals surface area contributed by atoms with E-state index in [9.17, 15) is 4.79 Å². The van der Waals surface area contributed by atoms with Crippen molar-refractivity contribution in [2.75, 3.05) is 11.9 Å². The van der Waals surface area contributed by atoms with Crippen LogP contribution < -0.4 is 5.32 Å². The molecule has 1 aliphatic rings. The molecule has 3 aromatic rings. The topological polar surface area (TPSA) is 58.1 Å². The van der Waals surface area contributed by atoms with Crippen molar-refractivity contribution in [3.63, 3.8) is 0 Å². The number of nitrogens with one attached hydrogen (secondary N) is 1. The molecule has 1 N–H and O–H groups in total. The molecule has 5 nitrogen and oxygen atoms in total. The van der Waals surface area contributed by atoms with E-state index in [4.69, 9.17) is 0 Å². The summed E-state index contributed by atoms with van der Waals surface area (Å²) < 4.78 is 0. The van der Waals surface area contributed by atoms with Gasteiger partial charge in [-0.05, 0) is 43.0 Å². The number of rotatable bonds is 3. The Morgan fingerprint density at radius 2 is 1.74 bits per heavy atom. The number of anilines is 2. The van der Waals surface area contributed by atoms with E-state index in [0.29, 0.717) is 30.4 Å². The number of hydrogen-bond acceptors (Lipinski definition) is 4. The van der Waals surface area contributed by atoms with Crippen LogP contribution in [0.25, 0.3) is 0 Å². The summed E-state index contributed by atoms with van der Waals surface area (Å²) in [6.07, 6.45) is 0.875. The molecule has 0 radical (unpaired) electrons. The molecule has 1 amide bonds. The van der Waals surface area contributed by atoms with Gasteiger partial charge in [0.2, 0.25) is 0 Å². The van der Waals surface area contributed by atoms with Gasteiger partial charge in [-0.2, -0.15) is 0 Å². The molecule has 4 rings (SSSR count). The highest BCUT2D eigenvalue weighted by Gasteiger charge is 2.23. The van der Waals surface area contributed by atoms with E-state index in [-0.39, 0.29) is 5.91 Å². The fraction of sp³-hybridized carbons (Fsp3) is 0.227. The highest BCUT2D eigenvalue weighted by Crippen LogP contribution is 2.22. The average Bonchev–Trinajstić information content (AvgIpc) is 2.68. The first kappa shape index (κ1) is 17.2. The molecule has 0 aliphatic carbocycles. The maximum absolute atomic E-state index is 13.0. The largest absolute Gasteiger partial charge is 0.340 e. The van der Waals surface area contributed by atoms with Crippen molar-refractivity contribution in [3.8, 4) is 0 Å². The third-order valence-corrected chi connectivity index (χ3v) is 4.88.